The van der Waals surface area contributed by atoms with Crippen LogP contribution < -0.4 is 4.74 Å². The minimum atomic E-state index is -0.634. The van der Waals surface area contributed by atoms with Crippen LogP contribution in [0.4, 0.5) is 5.69 Å². The second-order valence-corrected chi connectivity index (χ2v) is 7.27. The Bertz CT molecular complexity index is 760. The third-order valence-electron chi connectivity index (χ3n) is 5.10. The van der Waals surface area contributed by atoms with E-state index in [0.29, 0.717) is 19.3 Å². The zero-order valence-corrected chi connectivity index (χ0v) is 17.2. The summed E-state index contributed by atoms with van der Waals surface area (Å²) in [6.45, 7) is 2.12. The van der Waals surface area contributed by atoms with Crippen molar-refractivity contribution in [2.45, 2.75) is 57.9 Å². The van der Waals surface area contributed by atoms with Crippen LogP contribution in [0.5, 0.6) is 5.75 Å². The standard InChI is InChI=1S/C21H28N2O7/c1-16(25)29-13-11-22(18-6-3-2-4-7-18)21(26)8-5-12-30-19-10-9-17(15-24)20(14-19)23(27)28/h9-10,14-15,18H,2-8,11-13H2,1H3. The lowest BCUT2D eigenvalue weighted by atomic mass is 9.94. The van der Waals surface area contributed by atoms with E-state index in [9.17, 15) is 24.5 Å². The molecule has 1 amide bonds. The van der Waals surface area contributed by atoms with Gasteiger partial charge in [0.1, 0.15) is 12.4 Å². The molecule has 0 atom stereocenters. The van der Waals surface area contributed by atoms with Crippen molar-refractivity contribution in [2.75, 3.05) is 19.8 Å². The first-order valence-electron chi connectivity index (χ1n) is 10.2. The van der Waals surface area contributed by atoms with Gasteiger partial charge < -0.3 is 14.4 Å². The number of nitrogens with zero attached hydrogens (tertiary/aromatic N) is 2. The third-order valence-corrected chi connectivity index (χ3v) is 5.10. The summed E-state index contributed by atoms with van der Waals surface area (Å²) in [6.07, 6.45) is 6.39. The molecule has 164 valence electrons. The van der Waals surface area contributed by atoms with Crippen molar-refractivity contribution >= 4 is 23.9 Å². The molecule has 9 nitrogen and oxygen atoms in total. The highest BCUT2D eigenvalue weighted by Crippen LogP contribution is 2.25. The summed E-state index contributed by atoms with van der Waals surface area (Å²) in [7, 11) is 0. The number of ether oxygens (including phenoxy) is 2. The molecule has 0 N–H and O–H groups in total. The van der Waals surface area contributed by atoms with Gasteiger partial charge in [-0.25, -0.2) is 0 Å². The zero-order valence-electron chi connectivity index (χ0n) is 17.2. The Morgan fingerprint density at radius 1 is 1.23 bits per heavy atom. The Labute approximate surface area is 175 Å². The largest absolute Gasteiger partial charge is 0.493 e. The normalized spacial score (nSPS) is 14.0. The minimum Gasteiger partial charge on any atom is -0.493 e. The molecule has 0 unspecified atom stereocenters. The molecule has 0 aliphatic heterocycles. The number of hydrogen-bond donors (Lipinski definition) is 0. The van der Waals surface area contributed by atoms with Crippen LogP contribution in [0.1, 0.15) is 62.2 Å². The summed E-state index contributed by atoms with van der Waals surface area (Å²) in [6, 6.07) is 4.21. The third kappa shape index (κ3) is 7.13. The minimum absolute atomic E-state index is 0.0139. The predicted octanol–water partition coefficient (Wildman–Crippen LogP) is 3.29. The van der Waals surface area contributed by atoms with Crippen LogP contribution >= 0.6 is 0 Å². The van der Waals surface area contributed by atoms with Gasteiger partial charge in [-0.2, -0.15) is 0 Å². The number of aldehydes is 1. The first-order valence-corrected chi connectivity index (χ1v) is 10.2. The van der Waals surface area contributed by atoms with E-state index in [1.54, 1.807) is 0 Å². The Balaban J connectivity index is 1.86. The second kappa shape index (κ2) is 11.9. The van der Waals surface area contributed by atoms with Gasteiger partial charge in [-0.05, 0) is 31.4 Å². The second-order valence-electron chi connectivity index (χ2n) is 7.27. The number of carbonyl (C=O) groups is 3. The van der Waals surface area contributed by atoms with Crippen LogP contribution in [0.15, 0.2) is 18.2 Å². The average Bonchev–Trinajstić information content (AvgIpc) is 2.74. The van der Waals surface area contributed by atoms with Gasteiger partial charge in [-0.3, -0.25) is 24.5 Å². The van der Waals surface area contributed by atoms with Gasteiger partial charge in [0.15, 0.2) is 6.29 Å². The SMILES string of the molecule is CC(=O)OCCN(C(=O)CCCOc1ccc(C=O)c([N+](=O)[O-])c1)C1CCCCC1. The van der Waals surface area contributed by atoms with E-state index in [0.717, 1.165) is 25.7 Å². The van der Waals surface area contributed by atoms with Gasteiger partial charge in [0, 0.05) is 19.4 Å². The maximum atomic E-state index is 12.8. The Kier molecular flexibility index (Phi) is 9.24. The summed E-state index contributed by atoms with van der Waals surface area (Å²) >= 11 is 0. The number of esters is 1. The van der Waals surface area contributed by atoms with E-state index in [1.165, 1.54) is 31.5 Å². The summed E-state index contributed by atoms with van der Waals surface area (Å²) in [4.78, 5) is 46.8. The Hall–Kier alpha value is -2.97. The van der Waals surface area contributed by atoms with Crippen LogP contribution in [-0.2, 0) is 14.3 Å². The molecule has 0 spiro atoms. The van der Waals surface area contributed by atoms with Crippen LogP contribution in [-0.4, -0.2) is 53.8 Å². The molecular weight excluding hydrogens is 392 g/mol. The average molecular weight is 420 g/mol. The molecule has 0 radical (unpaired) electrons. The highest BCUT2D eigenvalue weighted by molar-refractivity contribution is 5.81. The number of nitro groups is 1. The van der Waals surface area contributed by atoms with Crippen molar-refractivity contribution in [1.82, 2.24) is 4.90 Å². The Morgan fingerprint density at radius 2 is 1.97 bits per heavy atom. The van der Waals surface area contributed by atoms with Crippen molar-refractivity contribution in [1.29, 1.82) is 0 Å². The highest BCUT2D eigenvalue weighted by atomic mass is 16.6. The molecule has 9 heteroatoms. The fraction of sp³-hybridized carbons (Fsp3) is 0.571. The lowest BCUT2D eigenvalue weighted by Crippen LogP contribution is -2.43. The van der Waals surface area contributed by atoms with E-state index in [1.807, 2.05) is 4.90 Å². The van der Waals surface area contributed by atoms with Crippen molar-refractivity contribution < 1.29 is 28.8 Å². The molecular formula is C21H28N2O7. The Morgan fingerprint density at radius 3 is 2.60 bits per heavy atom. The van der Waals surface area contributed by atoms with Gasteiger partial charge in [0.25, 0.3) is 5.69 Å². The lowest BCUT2D eigenvalue weighted by Gasteiger charge is -2.34. The number of rotatable bonds is 11. The first kappa shape index (κ1) is 23.3. The number of benzene rings is 1. The fourth-order valence-corrected chi connectivity index (χ4v) is 3.62. The highest BCUT2D eigenvalue weighted by Gasteiger charge is 2.25. The summed E-state index contributed by atoms with van der Waals surface area (Å²) in [5, 5.41) is 11.0. The molecule has 0 bridgehead atoms. The molecule has 1 aromatic carbocycles. The molecule has 1 aliphatic carbocycles. The van der Waals surface area contributed by atoms with Crippen LogP contribution in [0.25, 0.3) is 0 Å². The lowest BCUT2D eigenvalue weighted by molar-refractivity contribution is -0.385. The smallest absolute Gasteiger partial charge is 0.302 e. The van der Waals surface area contributed by atoms with E-state index in [2.05, 4.69) is 0 Å². The van der Waals surface area contributed by atoms with Crippen molar-refractivity contribution in [3.8, 4) is 5.75 Å². The monoisotopic (exact) mass is 420 g/mol. The van der Waals surface area contributed by atoms with Crippen LogP contribution in [0.2, 0.25) is 0 Å². The first-order chi connectivity index (χ1) is 14.4. The van der Waals surface area contributed by atoms with Crippen molar-refractivity contribution in [2.24, 2.45) is 0 Å². The van der Waals surface area contributed by atoms with Gasteiger partial charge >= 0.3 is 5.97 Å². The van der Waals surface area contributed by atoms with Crippen LogP contribution in [0, 0.1) is 10.1 Å². The predicted molar refractivity (Wildman–Crippen MR) is 108 cm³/mol. The van der Waals surface area contributed by atoms with Gasteiger partial charge in [-0.15, -0.1) is 0 Å². The molecule has 2 rings (SSSR count). The molecule has 1 aliphatic rings. The summed E-state index contributed by atoms with van der Waals surface area (Å²) < 4.78 is 10.5. The number of hydrogen-bond acceptors (Lipinski definition) is 7. The van der Waals surface area contributed by atoms with E-state index in [-0.39, 0.29) is 54.6 Å². The summed E-state index contributed by atoms with van der Waals surface area (Å²) in [5.74, 6) is -0.104. The maximum Gasteiger partial charge on any atom is 0.302 e. The van der Waals surface area contributed by atoms with E-state index >= 15 is 0 Å². The van der Waals surface area contributed by atoms with Crippen molar-refractivity contribution in [3.63, 3.8) is 0 Å². The maximum absolute atomic E-state index is 12.8. The van der Waals surface area contributed by atoms with Gasteiger partial charge in [0.05, 0.1) is 29.7 Å². The molecule has 1 fully saturated rings. The number of carbonyl (C=O) groups excluding carboxylic acids is 3. The molecule has 0 saturated heterocycles. The van der Waals surface area contributed by atoms with Crippen molar-refractivity contribution in [3.05, 3.63) is 33.9 Å². The topological polar surface area (TPSA) is 116 Å². The van der Waals surface area contributed by atoms with Gasteiger partial charge in [-0.1, -0.05) is 19.3 Å². The zero-order chi connectivity index (χ0) is 21.9. The van der Waals surface area contributed by atoms with Crippen LogP contribution in [0.3, 0.4) is 0 Å². The van der Waals surface area contributed by atoms with E-state index < -0.39 is 4.92 Å². The molecule has 0 heterocycles. The fourth-order valence-electron chi connectivity index (χ4n) is 3.62. The molecule has 30 heavy (non-hydrogen) atoms. The number of nitro benzene ring substituents is 1. The van der Waals surface area contributed by atoms with Gasteiger partial charge in [0.2, 0.25) is 5.91 Å². The quantitative estimate of drug-likeness (QED) is 0.177. The molecule has 0 aromatic heterocycles. The number of amides is 1. The van der Waals surface area contributed by atoms with E-state index in [4.69, 9.17) is 9.47 Å². The summed E-state index contributed by atoms with van der Waals surface area (Å²) in [5.41, 5.74) is -0.328. The molecule has 1 saturated carbocycles. The molecule has 1 aromatic rings.